The van der Waals surface area contributed by atoms with Gasteiger partial charge < -0.3 is 18.9 Å². The molecule has 1 amide bonds. The Morgan fingerprint density at radius 2 is 1.43 bits per heavy atom. The number of nitrogens with zero attached hydrogens (tertiary/aromatic N) is 3. The summed E-state index contributed by atoms with van der Waals surface area (Å²) < 4.78 is 16.3. The zero-order valence-corrected chi connectivity index (χ0v) is 19.2. The van der Waals surface area contributed by atoms with Gasteiger partial charge in [0.15, 0.2) is 23.0 Å². The van der Waals surface area contributed by atoms with Gasteiger partial charge in [-0.15, -0.1) is 0 Å². The van der Waals surface area contributed by atoms with Crippen LogP contribution in [0.1, 0.15) is 27.7 Å². The number of rotatable bonds is 5. The summed E-state index contributed by atoms with van der Waals surface area (Å²) in [6, 6.07) is 28.4. The lowest BCUT2D eigenvalue weighted by atomic mass is 9.96. The summed E-state index contributed by atoms with van der Waals surface area (Å²) in [5.74, 6) is 1.77. The van der Waals surface area contributed by atoms with Gasteiger partial charge in [-0.2, -0.15) is 0 Å². The van der Waals surface area contributed by atoms with Crippen molar-refractivity contribution >= 4 is 5.91 Å². The van der Waals surface area contributed by atoms with E-state index in [2.05, 4.69) is 58.6 Å². The second kappa shape index (κ2) is 9.27. The van der Waals surface area contributed by atoms with Gasteiger partial charge in [0.2, 0.25) is 6.79 Å². The highest BCUT2D eigenvalue weighted by atomic mass is 16.7. The Hall–Kier alpha value is -4.10. The van der Waals surface area contributed by atoms with Crippen molar-refractivity contribution in [2.45, 2.75) is 6.04 Å². The van der Waals surface area contributed by atoms with Crippen molar-refractivity contribution < 1.29 is 18.8 Å². The van der Waals surface area contributed by atoms with Crippen molar-refractivity contribution in [3.8, 4) is 22.8 Å². The summed E-state index contributed by atoms with van der Waals surface area (Å²) in [5, 5.41) is 4.06. The van der Waals surface area contributed by atoms with Gasteiger partial charge in [0.05, 0.1) is 6.04 Å². The minimum atomic E-state index is -0.114. The number of amides is 1. The summed E-state index contributed by atoms with van der Waals surface area (Å²) in [7, 11) is 0. The van der Waals surface area contributed by atoms with E-state index in [4.69, 9.17) is 14.0 Å². The monoisotopic (exact) mass is 467 g/mol. The lowest BCUT2D eigenvalue weighted by molar-refractivity contribution is 0.0588. The molecular formula is C28H25N3O4. The van der Waals surface area contributed by atoms with Crippen LogP contribution in [0, 0.1) is 0 Å². The van der Waals surface area contributed by atoms with Crippen LogP contribution in [0.25, 0.3) is 11.3 Å². The van der Waals surface area contributed by atoms with Crippen LogP contribution < -0.4 is 9.47 Å². The molecule has 176 valence electrons. The third-order valence-corrected chi connectivity index (χ3v) is 6.58. The highest BCUT2D eigenvalue weighted by Gasteiger charge is 2.30. The number of fused-ring (bicyclic) bond motifs is 1. The topological polar surface area (TPSA) is 68.0 Å². The molecule has 7 nitrogen and oxygen atoms in total. The fraction of sp³-hybridized carbons (Fsp3) is 0.214. The largest absolute Gasteiger partial charge is 0.454 e. The molecule has 7 heteroatoms. The molecule has 1 saturated heterocycles. The highest BCUT2D eigenvalue weighted by Crippen LogP contribution is 2.36. The van der Waals surface area contributed by atoms with Crippen molar-refractivity contribution in [3.63, 3.8) is 0 Å². The van der Waals surface area contributed by atoms with Crippen LogP contribution in [0.15, 0.2) is 89.5 Å². The molecule has 0 bridgehead atoms. The molecule has 2 aliphatic heterocycles. The number of carbonyl (C=O) groups is 1. The van der Waals surface area contributed by atoms with Crippen molar-refractivity contribution in [2.24, 2.45) is 0 Å². The summed E-state index contributed by atoms with van der Waals surface area (Å²) in [6.45, 7) is 3.00. The third kappa shape index (κ3) is 4.26. The lowest BCUT2D eigenvalue weighted by Gasteiger charge is -2.39. The number of aromatic nitrogens is 1. The Morgan fingerprint density at radius 3 is 2.11 bits per heavy atom. The second-order valence-electron chi connectivity index (χ2n) is 8.70. The molecule has 1 aromatic heterocycles. The van der Waals surface area contributed by atoms with E-state index in [1.807, 2.05) is 35.2 Å². The van der Waals surface area contributed by atoms with Crippen molar-refractivity contribution in [2.75, 3.05) is 33.0 Å². The zero-order chi connectivity index (χ0) is 23.6. The smallest absolute Gasteiger partial charge is 0.276 e. The average molecular weight is 468 g/mol. The van der Waals surface area contributed by atoms with E-state index in [0.29, 0.717) is 36.0 Å². The van der Waals surface area contributed by atoms with Crippen molar-refractivity contribution in [3.05, 3.63) is 102 Å². The Morgan fingerprint density at radius 1 is 0.771 bits per heavy atom. The lowest BCUT2D eigenvalue weighted by Crippen LogP contribution is -2.50. The minimum Gasteiger partial charge on any atom is -0.454 e. The Bertz CT molecular complexity index is 1280. The maximum atomic E-state index is 13.2. The molecule has 3 heterocycles. The SMILES string of the molecule is O=C(c1cc(-c2ccc3c(c2)OCO3)on1)N1CCN(C(c2ccccc2)c2ccccc2)CC1. The molecule has 0 saturated carbocycles. The summed E-state index contributed by atoms with van der Waals surface area (Å²) in [4.78, 5) is 17.5. The van der Waals surface area contributed by atoms with Crippen LogP contribution in [0.4, 0.5) is 0 Å². The quantitative estimate of drug-likeness (QED) is 0.427. The van der Waals surface area contributed by atoms with Gasteiger partial charge in [-0.3, -0.25) is 9.69 Å². The number of ether oxygens (including phenoxy) is 2. The van der Waals surface area contributed by atoms with E-state index >= 15 is 0 Å². The molecule has 0 radical (unpaired) electrons. The van der Waals surface area contributed by atoms with Gasteiger partial charge in [0.25, 0.3) is 5.91 Å². The van der Waals surface area contributed by atoms with Crippen LogP contribution in [-0.2, 0) is 0 Å². The number of carbonyl (C=O) groups excluding carboxylic acids is 1. The average Bonchev–Trinajstić information content (AvgIpc) is 3.60. The maximum Gasteiger partial charge on any atom is 0.276 e. The van der Waals surface area contributed by atoms with Crippen molar-refractivity contribution in [1.82, 2.24) is 15.0 Å². The van der Waals surface area contributed by atoms with Gasteiger partial charge >= 0.3 is 0 Å². The predicted octanol–water partition coefficient (Wildman–Crippen LogP) is 4.62. The molecule has 1 fully saturated rings. The zero-order valence-electron chi connectivity index (χ0n) is 19.2. The van der Waals surface area contributed by atoms with E-state index in [-0.39, 0.29) is 18.7 Å². The number of piperazine rings is 1. The molecule has 0 atom stereocenters. The fourth-order valence-electron chi connectivity index (χ4n) is 4.79. The van der Waals surface area contributed by atoms with E-state index in [0.717, 1.165) is 18.7 Å². The van der Waals surface area contributed by atoms with Crippen LogP contribution in [0.5, 0.6) is 11.5 Å². The Kier molecular flexibility index (Phi) is 5.68. The summed E-state index contributed by atoms with van der Waals surface area (Å²) in [6.07, 6.45) is 0. The standard InChI is InChI=1S/C28H25N3O4/c32-28(23-18-25(35-29-23)22-11-12-24-26(17-22)34-19-33-24)31-15-13-30(14-16-31)27(20-7-3-1-4-8-20)21-9-5-2-6-10-21/h1-12,17-18,27H,13-16,19H2. The first kappa shape index (κ1) is 21.4. The molecule has 3 aromatic carbocycles. The first-order valence-corrected chi connectivity index (χ1v) is 11.8. The number of hydrogen-bond donors (Lipinski definition) is 0. The molecule has 0 unspecified atom stereocenters. The third-order valence-electron chi connectivity index (χ3n) is 6.58. The predicted molar refractivity (Wildman–Crippen MR) is 130 cm³/mol. The van der Waals surface area contributed by atoms with Crippen LogP contribution in [0.3, 0.4) is 0 Å². The van der Waals surface area contributed by atoms with Crippen molar-refractivity contribution in [1.29, 1.82) is 0 Å². The summed E-state index contributed by atoms with van der Waals surface area (Å²) in [5.41, 5.74) is 3.61. The van der Waals surface area contributed by atoms with Gasteiger partial charge in [0.1, 0.15) is 0 Å². The fourth-order valence-corrected chi connectivity index (χ4v) is 4.79. The van der Waals surface area contributed by atoms with Gasteiger partial charge in [-0.05, 0) is 29.3 Å². The molecule has 0 aliphatic carbocycles. The summed E-state index contributed by atoms with van der Waals surface area (Å²) >= 11 is 0. The number of benzene rings is 3. The van der Waals surface area contributed by atoms with E-state index < -0.39 is 0 Å². The molecule has 6 rings (SSSR count). The van der Waals surface area contributed by atoms with Gasteiger partial charge in [-0.1, -0.05) is 65.8 Å². The molecule has 2 aliphatic rings. The van der Waals surface area contributed by atoms with Gasteiger partial charge in [-0.25, -0.2) is 0 Å². The highest BCUT2D eigenvalue weighted by molar-refractivity contribution is 5.93. The second-order valence-corrected chi connectivity index (χ2v) is 8.70. The molecule has 0 N–H and O–H groups in total. The first-order chi connectivity index (χ1) is 17.3. The normalized spacial score (nSPS) is 15.5. The van der Waals surface area contributed by atoms with Crippen LogP contribution in [0.2, 0.25) is 0 Å². The first-order valence-electron chi connectivity index (χ1n) is 11.8. The maximum absolute atomic E-state index is 13.2. The van der Waals surface area contributed by atoms with E-state index in [1.165, 1.54) is 11.1 Å². The Balaban J connectivity index is 1.16. The molecule has 0 spiro atoms. The minimum absolute atomic E-state index is 0.114. The van der Waals surface area contributed by atoms with Gasteiger partial charge in [0, 0.05) is 37.8 Å². The Labute approximate surface area is 203 Å². The molecular weight excluding hydrogens is 442 g/mol. The van der Waals surface area contributed by atoms with E-state index in [1.54, 1.807) is 6.07 Å². The van der Waals surface area contributed by atoms with E-state index in [9.17, 15) is 4.79 Å². The molecule has 35 heavy (non-hydrogen) atoms. The number of hydrogen-bond acceptors (Lipinski definition) is 6. The van der Waals surface area contributed by atoms with Crippen LogP contribution in [-0.4, -0.2) is 53.8 Å². The molecule has 4 aromatic rings. The van der Waals surface area contributed by atoms with Crippen LogP contribution >= 0.6 is 0 Å².